The van der Waals surface area contributed by atoms with Crippen LogP contribution in [-0.4, -0.2) is 4.21 Å². The van der Waals surface area contributed by atoms with Crippen LogP contribution in [0.25, 0.3) is 0 Å². The Morgan fingerprint density at radius 1 is 1.32 bits per heavy atom. The van der Waals surface area contributed by atoms with Gasteiger partial charge in [-0.1, -0.05) is 39.7 Å². The molecule has 0 saturated carbocycles. The van der Waals surface area contributed by atoms with E-state index in [9.17, 15) is 8.60 Å². The first-order chi connectivity index (χ1) is 8.99. The normalized spacial score (nSPS) is 12.4. The maximum atomic E-state index is 13.7. The second-order valence-electron chi connectivity index (χ2n) is 3.88. The van der Waals surface area contributed by atoms with Crippen molar-refractivity contribution in [3.8, 4) is 0 Å². The molecule has 100 valence electrons. The maximum absolute atomic E-state index is 13.7. The van der Waals surface area contributed by atoms with E-state index in [0.29, 0.717) is 25.6 Å². The summed E-state index contributed by atoms with van der Waals surface area (Å²) >= 11 is 9.15. The monoisotopic (exact) mass is 361 g/mol. The summed E-state index contributed by atoms with van der Waals surface area (Å²) in [5.74, 6) is -0.374. The van der Waals surface area contributed by atoms with Gasteiger partial charge in [-0.3, -0.25) is 4.21 Å². The van der Waals surface area contributed by atoms with Crippen molar-refractivity contribution in [2.45, 2.75) is 10.6 Å². The molecule has 0 radical (unpaired) electrons. The zero-order valence-electron chi connectivity index (χ0n) is 9.70. The molecule has 19 heavy (non-hydrogen) atoms. The molecule has 2 aromatic carbocycles. The van der Waals surface area contributed by atoms with E-state index in [-0.39, 0.29) is 5.75 Å². The maximum Gasteiger partial charge on any atom is 0.128 e. The molecule has 2 N–H and O–H groups in total. The van der Waals surface area contributed by atoms with Gasteiger partial charge in [0.05, 0.1) is 26.5 Å². The van der Waals surface area contributed by atoms with Crippen LogP contribution < -0.4 is 5.73 Å². The summed E-state index contributed by atoms with van der Waals surface area (Å²) in [7, 11) is -1.49. The first-order valence-corrected chi connectivity index (χ1v) is 7.84. The van der Waals surface area contributed by atoms with E-state index in [4.69, 9.17) is 17.3 Å². The molecule has 1 unspecified atom stereocenters. The van der Waals surface area contributed by atoms with Crippen molar-refractivity contribution in [1.29, 1.82) is 0 Å². The largest absolute Gasteiger partial charge is 0.398 e. The summed E-state index contributed by atoms with van der Waals surface area (Å²) in [5.41, 5.74) is 6.47. The van der Waals surface area contributed by atoms with Gasteiger partial charge in [-0.05, 0) is 24.3 Å². The van der Waals surface area contributed by atoms with Gasteiger partial charge in [0.2, 0.25) is 0 Å². The average molecular weight is 363 g/mol. The van der Waals surface area contributed by atoms with E-state index in [1.807, 2.05) is 0 Å². The number of hydrogen-bond acceptors (Lipinski definition) is 2. The summed E-state index contributed by atoms with van der Waals surface area (Å²) in [6, 6.07) is 9.54. The van der Waals surface area contributed by atoms with Gasteiger partial charge < -0.3 is 5.73 Å². The summed E-state index contributed by atoms with van der Waals surface area (Å²) in [6.45, 7) is 0. The second kappa shape index (κ2) is 6.03. The fraction of sp³-hybridized carbons (Fsp3) is 0.0769. The molecule has 0 heterocycles. The predicted octanol–water partition coefficient (Wildman–Crippen LogP) is 4.13. The van der Waals surface area contributed by atoms with Gasteiger partial charge in [0, 0.05) is 15.7 Å². The molecule has 0 amide bonds. The second-order valence-corrected chi connectivity index (χ2v) is 6.59. The summed E-state index contributed by atoms with van der Waals surface area (Å²) < 4.78 is 26.6. The van der Waals surface area contributed by atoms with Crippen LogP contribution in [0.15, 0.2) is 45.8 Å². The molecule has 0 fully saturated rings. The number of halogens is 3. The van der Waals surface area contributed by atoms with E-state index >= 15 is 0 Å². The molecule has 2 nitrogen and oxygen atoms in total. The van der Waals surface area contributed by atoms with E-state index in [1.165, 1.54) is 6.07 Å². The molecule has 0 aliphatic rings. The Balaban J connectivity index is 2.31. The highest BCUT2D eigenvalue weighted by Crippen LogP contribution is 2.28. The van der Waals surface area contributed by atoms with Crippen LogP contribution in [0.2, 0.25) is 5.02 Å². The Bertz CT molecular complexity index is 630. The van der Waals surface area contributed by atoms with E-state index < -0.39 is 16.6 Å². The van der Waals surface area contributed by atoms with E-state index in [2.05, 4.69) is 15.9 Å². The summed E-state index contributed by atoms with van der Waals surface area (Å²) in [5, 5.41) is 0.329. The average Bonchev–Trinajstić information content (AvgIpc) is 2.32. The minimum atomic E-state index is -1.49. The molecule has 6 heteroatoms. The summed E-state index contributed by atoms with van der Waals surface area (Å²) in [4.78, 5) is 0.353. The molecular weight excluding hydrogens is 353 g/mol. The smallest absolute Gasteiger partial charge is 0.128 e. The number of hydrogen-bond donors (Lipinski definition) is 1. The van der Waals surface area contributed by atoms with Crippen LogP contribution in [-0.2, 0) is 16.6 Å². The number of benzene rings is 2. The number of rotatable bonds is 3. The highest BCUT2D eigenvalue weighted by atomic mass is 79.9. The molecule has 0 aliphatic heterocycles. The third-order valence-corrected chi connectivity index (χ3v) is 4.93. The van der Waals surface area contributed by atoms with Crippen molar-refractivity contribution >= 4 is 44.0 Å². The van der Waals surface area contributed by atoms with Crippen molar-refractivity contribution in [3.63, 3.8) is 0 Å². The zero-order chi connectivity index (χ0) is 14.0. The SMILES string of the molecule is Nc1cccc(Cl)c1S(=O)Cc1ccc(Br)cc1F. The highest BCUT2D eigenvalue weighted by Gasteiger charge is 2.15. The lowest BCUT2D eigenvalue weighted by Crippen LogP contribution is -2.03. The number of nitrogens with two attached hydrogens (primary N) is 1. The topological polar surface area (TPSA) is 43.1 Å². The van der Waals surface area contributed by atoms with Crippen LogP contribution in [0.3, 0.4) is 0 Å². The predicted molar refractivity (Wildman–Crippen MR) is 80.1 cm³/mol. The quantitative estimate of drug-likeness (QED) is 0.834. The van der Waals surface area contributed by atoms with Crippen LogP contribution >= 0.6 is 27.5 Å². The first kappa shape index (κ1) is 14.5. The molecule has 1 atom stereocenters. The van der Waals surface area contributed by atoms with Crippen LogP contribution in [0, 0.1) is 5.82 Å². The molecule has 0 spiro atoms. The zero-order valence-corrected chi connectivity index (χ0v) is 12.9. The Morgan fingerprint density at radius 2 is 2.05 bits per heavy atom. The van der Waals surface area contributed by atoms with Crippen molar-refractivity contribution in [1.82, 2.24) is 0 Å². The van der Waals surface area contributed by atoms with Crippen molar-refractivity contribution in [2.24, 2.45) is 0 Å². The van der Waals surface area contributed by atoms with Gasteiger partial charge in [0.15, 0.2) is 0 Å². The van der Waals surface area contributed by atoms with E-state index in [0.717, 1.165) is 0 Å². The van der Waals surface area contributed by atoms with Gasteiger partial charge in [-0.2, -0.15) is 0 Å². The number of anilines is 1. The lowest BCUT2D eigenvalue weighted by molar-refractivity contribution is 0.614. The third kappa shape index (κ3) is 3.35. The minimum Gasteiger partial charge on any atom is -0.398 e. The first-order valence-electron chi connectivity index (χ1n) is 5.35. The van der Waals surface area contributed by atoms with Crippen LogP contribution in [0.4, 0.5) is 10.1 Å². The van der Waals surface area contributed by atoms with Gasteiger partial charge in [0.25, 0.3) is 0 Å². The fourth-order valence-electron chi connectivity index (χ4n) is 1.62. The Labute approximate surface area is 126 Å². The minimum absolute atomic E-state index is 0.0348. The lowest BCUT2D eigenvalue weighted by Gasteiger charge is -2.08. The van der Waals surface area contributed by atoms with Crippen LogP contribution in [0.5, 0.6) is 0 Å². The van der Waals surface area contributed by atoms with Crippen molar-refractivity contribution < 1.29 is 8.60 Å². The number of nitrogen functional groups attached to an aromatic ring is 1. The molecule has 0 aliphatic carbocycles. The van der Waals surface area contributed by atoms with Crippen molar-refractivity contribution in [2.75, 3.05) is 5.73 Å². The van der Waals surface area contributed by atoms with Gasteiger partial charge in [-0.15, -0.1) is 0 Å². The molecule has 2 rings (SSSR count). The third-order valence-electron chi connectivity index (χ3n) is 2.53. The highest BCUT2D eigenvalue weighted by molar-refractivity contribution is 9.10. The molecule has 2 aromatic rings. The Hall–Kier alpha value is -0.910. The molecular formula is C13H10BrClFNOS. The fourth-order valence-corrected chi connectivity index (χ4v) is 3.67. The lowest BCUT2D eigenvalue weighted by atomic mass is 10.2. The standard InChI is InChI=1S/C13H10BrClFNOS/c14-9-5-4-8(11(16)6-9)7-19(18)13-10(15)2-1-3-12(13)17/h1-6H,7,17H2. The molecule has 0 bridgehead atoms. The Morgan fingerprint density at radius 3 is 2.68 bits per heavy atom. The summed E-state index contributed by atoms with van der Waals surface area (Å²) in [6.07, 6.45) is 0. The van der Waals surface area contributed by atoms with E-state index in [1.54, 1.807) is 30.3 Å². The van der Waals surface area contributed by atoms with Gasteiger partial charge >= 0.3 is 0 Å². The molecule has 0 saturated heterocycles. The Kier molecular flexibility index (Phi) is 4.60. The van der Waals surface area contributed by atoms with Gasteiger partial charge in [-0.25, -0.2) is 4.39 Å². The van der Waals surface area contributed by atoms with Crippen LogP contribution in [0.1, 0.15) is 5.56 Å². The van der Waals surface area contributed by atoms with Gasteiger partial charge in [0.1, 0.15) is 5.82 Å². The van der Waals surface area contributed by atoms with Crippen molar-refractivity contribution in [3.05, 3.63) is 57.3 Å². The molecule has 0 aromatic heterocycles.